The van der Waals surface area contributed by atoms with Crippen molar-refractivity contribution in [3.05, 3.63) is 57.0 Å². The summed E-state index contributed by atoms with van der Waals surface area (Å²) < 4.78 is 5.38. The van der Waals surface area contributed by atoms with Crippen molar-refractivity contribution in [1.29, 1.82) is 0 Å². The minimum atomic E-state index is -0.340. The Labute approximate surface area is 142 Å². The van der Waals surface area contributed by atoms with Crippen molar-refractivity contribution in [2.75, 3.05) is 0 Å². The quantitative estimate of drug-likeness (QED) is 0.640. The lowest BCUT2D eigenvalue weighted by Gasteiger charge is -2.00. The van der Waals surface area contributed by atoms with Crippen LogP contribution in [0.4, 0.5) is 0 Å². The second-order valence-electron chi connectivity index (χ2n) is 4.96. The highest BCUT2D eigenvalue weighted by molar-refractivity contribution is 7.17. The van der Waals surface area contributed by atoms with Crippen LogP contribution in [0.5, 0.6) is 0 Å². The van der Waals surface area contributed by atoms with Crippen LogP contribution in [-0.4, -0.2) is 15.9 Å². The minimum Gasteiger partial charge on any atom is -0.455 e. The van der Waals surface area contributed by atoms with E-state index in [-0.39, 0.29) is 12.6 Å². The van der Waals surface area contributed by atoms with Crippen molar-refractivity contribution in [3.8, 4) is 10.6 Å². The molecule has 2 heterocycles. The van der Waals surface area contributed by atoms with Gasteiger partial charge in [0.2, 0.25) is 0 Å². The number of benzene rings is 1. The lowest BCUT2D eigenvalue weighted by molar-refractivity contribution is 0.0473. The molecule has 0 atom stereocenters. The van der Waals surface area contributed by atoms with Gasteiger partial charge in [0.05, 0.1) is 16.4 Å². The van der Waals surface area contributed by atoms with E-state index in [0.29, 0.717) is 10.6 Å². The Morgan fingerprint density at radius 3 is 2.70 bits per heavy atom. The molecule has 0 aliphatic heterocycles. The molecule has 0 saturated heterocycles. The summed E-state index contributed by atoms with van der Waals surface area (Å²) in [5.74, 6) is -0.340. The predicted molar refractivity (Wildman–Crippen MR) is 92.9 cm³/mol. The number of hydrogen-bond donors (Lipinski definition) is 0. The lowest BCUT2D eigenvalue weighted by Crippen LogP contribution is -2.05. The van der Waals surface area contributed by atoms with Crippen LogP contribution in [-0.2, 0) is 17.8 Å². The molecule has 3 aromatic rings. The Morgan fingerprint density at radius 2 is 2.00 bits per heavy atom. The van der Waals surface area contributed by atoms with Crippen LogP contribution in [0.2, 0.25) is 0 Å². The van der Waals surface area contributed by atoms with E-state index in [9.17, 15) is 4.79 Å². The summed E-state index contributed by atoms with van der Waals surface area (Å²) in [4.78, 5) is 21.7. The molecule has 2 aromatic heterocycles. The molecule has 0 aliphatic rings. The van der Waals surface area contributed by atoms with E-state index in [1.165, 1.54) is 11.3 Å². The number of thiazole rings is 2. The third kappa shape index (κ3) is 3.65. The molecule has 0 radical (unpaired) electrons. The Morgan fingerprint density at radius 1 is 1.22 bits per heavy atom. The molecule has 0 amide bonds. The molecule has 6 heteroatoms. The average Bonchev–Trinajstić information content (AvgIpc) is 3.20. The fraction of sp³-hybridized carbons (Fsp3) is 0.235. The molecule has 0 N–H and O–H groups in total. The lowest BCUT2D eigenvalue weighted by atomic mass is 10.2. The molecule has 23 heavy (non-hydrogen) atoms. The Kier molecular flexibility index (Phi) is 4.83. The van der Waals surface area contributed by atoms with Gasteiger partial charge in [0.1, 0.15) is 16.5 Å². The van der Waals surface area contributed by atoms with E-state index in [1.54, 1.807) is 11.3 Å². The number of hydrogen-bond acceptors (Lipinski definition) is 6. The zero-order valence-electron chi connectivity index (χ0n) is 12.9. The van der Waals surface area contributed by atoms with Crippen molar-refractivity contribution in [2.45, 2.75) is 26.9 Å². The molecule has 0 aliphatic carbocycles. The van der Waals surface area contributed by atoms with Gasteiger partial charge in [0.15, 0.2) is 0 Å². The summed E-state index contributed by atoms with van der Waals surface area (Å²) in [5, 5.41) is 3.81. The molecule has 4 nitrogen and oxygen atoms in total. The molecule has 0 fully saturated rings. The zero-order chi connectivity index (χ0) is 16.2. The van der Waals surface area contributed by atoms with Crippen molar-refractivity contribution >= 4 is 28.6 Å². The summed E-state index contributed by atoms with van der Waals surface area (Å²) in [6.07, 6.45) is 0.896. The van der Waals surface area contributed by atoms with E-state index < -0.39 is 0 Å². The first-order valence-corrected chi connectivity index (χ1v) is 9.00. The number of carbonyl (C=O) groups is 1. The van der Waals surface area contributed by atoms with Gasteiger partial charge in [-0.05, 0) is 13.3 Å². The number of aromatic nitrogens is 2. The predicted octanol–water partition coefficient (Wildman–Crippen LogP) is 4.49. The number of carbonyl (C=O) groups excluding carboxylic acids is 1. The first kappa shape index (κ1) is 15.8. The molecular formula is C17H16N2O2S2. The monoisotopic (exact) mass is 344 g/mol. The maximum Gasteiger partial charge on any atom is 0.350 e. The van der Waals surface area contributed by atoms with Crippen LogP contribution in [0.3, 0.4) is 0 Å². The second kappa shape index (κ2) is 7.02. The largest absolute Gasteiger partial charge is 0.455 e. The first-order valence-electron chi connectivity index (χ1n) is 7.30. The van der Waals surface area contributed by atoms with Crippen LogP contribution in [0.1, 0.15) is 33.0 Å². The van der Waals surface area contributed by atoms with Gasteiger partial charge in [0.25, 0.3) is 0 Å². The van der Waals surface area contributed by atoms with E-state index in [4.69, 9.17) is 4.74 Å². The van der Waals surface area contributed by atoms with Gasteiger partial charge in [-0.25, -0.2) is 14.8 Å². The molecule has 0 unspecified atom stereocenters. The minimum absolute atomic E-state index is 0.202. The normalized spacial score (nSPS) is 10.7. The van der Waals surface area contributed by atoms with Crippen molar-refractivity contribution in [2.24, 2.45) is 0 Å². The van der Waals surface area contributed by atoms with Gasteiger partial charge in [-0.2, -0.15) is 0 Å². The van der Waals surface area contributed by atoms with Gasteiger partial charge in [-0.15, -0.1) is 22.7 Å². The van der Waals surface area contributed by atoms with Gasteiger partial charge < -0.3 is 4.74 Å². The Hall–Kier alpha value is -2.05. The molecular weight excluding hydrogens is 328 g/mol. The average molecular weight is 344 g/mol. The van der Waals surface area contributed by atoms with Gasteiger partial charge >= 0.3 is 5.97 Å². The third-order valence-corrected chi connectivity index (χ3v) is 5.48. The number of esters is 1. The van der Waals surface area contributed by atoms with Gasteiger partial charge in [-0.3, -0.25) is 0 Å². The highest BCUT2D eigenvalue weighted by Gasteiger charge is 2.18. The standard InChI is InChI=1S/C17H16N2O2S2/c1-3-14-19-13(10-22-14)9-21-17(20)15-11(2)18-16(23-15)12-7-5-4-6-8-12/h4-8,10H,3,9H2,1-2H3. The van der Waals surface area contributed by atoms with E-state index in [2.05, 4.69) is 16.9 Å². The van der Waals surface area contributed by atoms with Crippen LogP contribution >= 0.6 is 22.7 Å². The maximum absolute atomic E-state index is 12.3. The van der Waals surface area contributed by atoms with Crippen molar-refractivity contribution < 1.29 is 9.53 Å². The summed E-state index contributed by atoms with van der Waals surface area (Å²) in [7, 11) is 0. The fourth-order valence-corrected chi connectivity index (χ4v) is 3.77. The molecule has 1 aromatic carbocycles. The Balaban J connectivity index is 1.71. The topological polar surface area (TPSA) is 52.1 Å². The Bertz CT molecular complexity index is 809. The number of ether oxygens (including phenoxy) is 1. The molecule has 0 saturated carbocycles. The van der Waals surface area contributed by atoms with E-state index in [1.807, 2.05) is 42.6 Å². The van der Waals surface area contributed by atoms with Crippen LogP contribution in [0, 0.1) is 6.92 Å². The van der Waals surface area contributed by atoms with Crippen molar-refractivity contribution in [1.82, 2.24) is 9.97 Å². The molecule has 3 rings (SSSR count). The summed E-state index contributed by atoms with van der Waals surface area (Å²) >= 11 is 2.95. The summed E-state index contributed by atoms with van der Waals surface area (Å²) in [6.45, 7) is 4.09. The van der Waals surface area contributed by atoms with Crippen LogP contribution in [0.15, 0.2) is 35.7 Å². The van der Waals surface area contributed by atoms with Crippen LogP contribution in [0.25, 0.3) is 10.6 Å². The smallest absolute Gasteiger partial charge is 0.350 e. The molecule has 0 spiro atoms. The van der Waals surface area contributed by atoms with Gasteiger partial charge in [0, 0.05) is 10.9 Å². The number of nitrogens with zero attached hydrogens (tertiary/aromatic N) is 2. The van der Waals surface area contributed by atoms with E-state index in [0.717, 1.165) is 27.7 Å². The molecule has 0 bridgehead atoms. The van der Waals surface area contributed by atoms with Crippen molar-refractivity contribution in [3.63, 3.8) is 0 Å². The zero-order valence-corrected chi connectivity index (χ0v) is 14.5. The van der Waals surface area contributed by atoms with E-state index >= 15 is 0 Å². The number of aryl methyl sites for hydroxylation is 2. The second-order valence-corrected chi connectivity index (χ2v) is 6.90. The SMILES string of the molecule is CCc1nc(COC(=O)c2sc(-c3ccccc3)nc2C)cs1. The van der Waals surface area contributed by atoms with Gasteiger partial charge in [-0.1, -0.05) is 37.3 Å². The third-order valence-electron chi connectivity index (χ3n) is 3.26. The summed E-state index contributed by atoms with van der Waals surface area (Å²) in [5.41, 5.74) is 2.50. The fourth-order valence-electron chi connectivity index (χ4n) is 2.07. The highest BCUT2D eigenvalue weighted by atomic mass is 32.1. The highest BCUT2D eigenvalue weighted by Crippen LogP contribution is 2.28. The van der Waals surface area contributed by atoms with Crippen LogP contribution < -0.4 is 0 Å². The summed E-state index contributed by atoms with van der Waals surface area (Å²) in [6, 6.07) is 9.83. The first-order chi connectivity index (χ1) is 11.2. The number of rotatable bonds is 5. The molecule has 118 valence electrons. The maximum atomic E-state index is 12.3.